The fraction of sp³-hybridized carbons (Fsp3) is 0.278. The Morgan fingerprint density at radius 1 is 1.14 bits per heavy atom. The molecule has 22 heavy (non-hydrogen) atoms. The molecule has 2 unspecified atom stereocenters. The second kappa shape index (κ2) is 7.09. The molecule has 0 radical (unpaired) electrons. The summed E-state index contributed by atoms with van der Waals surface area (Å²) in [4.78, 5) is 12.1. The van der Waals surface area contributed by atoms with Gasteiger partial charge in [-0.25, -0.2) is 0 Å². The number of amides is 1. The van der Waals surface area contributed by atoms with Gasteiger partial charge in [0.1, 0.15) is 5.75 Å². The minimum atomic E-state index is -0.241. The van der Waals surface area contributed by atoms with E-state index in [-0.39, 0.29) is 17.9 Å². The molecule has 0 aromatic heterocycles. The minimum Gasteiger partial charge on any atom is -0.496 e. The van der Waals surface area contributed by atoms with Gasteiger partial charge in [0.2, 0.25) is 5.91 Å². The third kappa shape index (κ3) is 3.65. The van der Waals surface area contributed by atoms with Gasteiger partial charge in [0.25, 0.3) is 0 Å². The van der Waals surface area contributed by atoms with E-state index >= 15 is 0 Å². The zero-order valence-corrected chi connectivity index (χ0v) is 13.2. The van der Waals surface area contributed by atoms with E-state index in [9.17, 15) is 4.79 Å². The molecule has 0 heterocycles. The zero-order chi connectivity index (χ0) is 16.1. The van der Waals surface area contributed by atoms with Crippen molar-refractivity contribution in [3.63, 3.8) is 0 Å². The smallest absolute Gasteiger partial charge is 0.228 e. The van der Waals surface area contributed by atoms with E-state index in [1.54, 1.807) is 7.11 Å². The summed E-state index contributed by atoms with van der Waals surface area (Å²) in [5.74, 6) is 0.483. The largest absolute Gasteiger partial charge is 0.496 e. The van der Waals surface area contributed by atoms with Gasteiger partial charge in [0, 0.05) is 17.3 Å². The molecule has 0 saturated heterocycles. The van der Waals surface area contributed by atoms with Crippen molar-refractivity contribution in [2.45, 2.75) is 19.9 Å². The number of hydrogen-bond acceptors (Lipinski definition) is 3. The molecular weight excluding hydrogens is 276 g/mol. The van der Waals surface area contributed by atoms with Crippen molar-refractivity contribution in [1.29, 1.82) is 0 Å². The maximum absolute atomic E-state index is 12.1. The number of nitrogens with two attached hydrogens (primary N) is 1. The predicted octanol–water partition coefficient (Wildman–Crippen LogP) is 3.28. The molecule has 0 spiro atoms. The van der Waals surface area contributed by atoms with Crippen LogP contribution >= 0.6 is 0 Å². The highest BCUT2D eigenvalue weighted by Crippen LogP contribution is 2.31. The Labute approximate surface area is 131 Å². The van der Waals surface area contributed by atoms with E-state index in [2.05, 4.69) is 5.32 Å². The van der Waals surface area contributed by atoms with Gasteiger partial charge in [-0.05, 0) is 30.7 Å². The highest BCUT2D eigenvalue weighted by atomic mass is 16.5. The van der Waals surface area contributed by atoms with Crippen LogP contribution in [0.4, 0.5) is 5.69 Å². The third-order valence-corrected chi connectivity index (χ3v) is 3.75. The number of rotatable bonds is 5. The van der Waals surface area contributed by atoms with E-state index < -0.39 is 0 Å². The van der Waals surface area contributed by atoms with Crippen LogP contribution in [0, 0.1) is 5.92 Å². The number of benzene rings is 2. The van der Waals surface area contributed by atoms with E-state index in [4.69, 9.17) is 10.5 Å². The second-order valence-electron chi connectivity index (χ2n) is 5.42. The molecular formula is C18H22N2O2. The van der Waals surface area contributed by atoms with Gasteiger partial charge in [-0.15, -0.1) is 0 Å². The summed E-state index contributed by atoms with van der Waals surface area (Å²) in [6, 6.07) is 15.3. The first kappa shape index (κ1) is 16.0. The normalized spacial score (nSPS) is 13.3. The average Bonchev–Trinajstić information content (AvgIpc) is 2.54. The first-order chi connectivity index (χ1) is 10.5. The van der Waals surface area contributed by atoms with Crippen LogP contribution in [0.15, 0.2) is 48.5 Å². The van der Waals surface area contributed by atoms with Crippen LogP contribution in [0.2, 0.25) is 0 Å². The fourth-order valence-electron chi connectivity index (χ4n) is 2.14. The van der Waals surface area contributed by atoms with Gasteiger partial charge in [0.15, 0.2) is 0 Å². The van der Waals surface area contributed by atoms with Gasteiger partial charge < -0.3 is 15.8 Å². The predicted molar refractivity (Wildman–Crippen MR) is 89.9 cm³/mol. The number of carbonyl (C=O) groups is 1. The molecule has 2 aromatic carbocycles. The van der Waals surface area contributed by atoms with Gasteiger partial charge in [-0.3, -0.25) is 4.79 Å². The van der Waals surface area contributed by atoms with E-state index in [0.29, 0.717) is 0 Å². The average molecular weight is 298 g/mol. The van der Waals surface area contributed by atoms with Crippen LogP contribution in [-0.4, -0.2) is 19.1 Å². The molecule has 0 bridgehead atoms. The summed E-state index contributed by atoms with van der Waals surface area (Å²) in [5, 5.41) is 2.91. The van der Waals surface area contributed by atoms with Crippen LogP contribution in [0.1, 0.15) is 13.8 Å². The maximum Gasteiger partial charge on any atom is 0.228 e. The zero-order valence-electron chi connectivity index (χ0n) is 13.2. The molecule has 2 aromatic rings. The van der Waals surface area contributed by atoms with Gasteiger partial charge in [0.05, 0.1) is 13.0 Å². The summed E-state index contributed by atoms with van der Waals surface area (Å²) in [6.07, 6.45) is 0. The Balaban J connectivity index is 2.25. The van der Waals surface area contributed by atoms with Crippen molar-refractivity contribution in [2.75, 3.05) is 12.4 Å². The van der Waals surface area contributed by atoms with Crippen molar-refractivity contribution in [3.05, 3.63) is 48.5 Å². The molecule has 0 aliphatic rings. The lowest BCUT2D eigenvalue weighted by Crippen LogP contribution is -2.34. The molecule has 0 saturated carbocycles. The summed E-state index contributed by atoms with van der Waals surface area (Å²) in [7, 11) is 1.65. The van der Waals surface area contributed by atoms with Crippen LogP contribution < -0.4 is 15.8 Å². The molecule has 116 valence electrons. The topological polar surface area (TPSA) is 64.3 Å². The van der Waals surface area contributed by atoms with Gasteiger partial charge >= 0.3 is 0 Å². The third-order valence-electron chi connectivity index (χ3n) is 3.75. The van der Waals surface area contributed by atoms with Crippen molar-refractivity contribution >= 4 is 11.6 Å². The van der Waals surface area contributed by atoms with Crippen molar-refractivity contribution in [2.24, 2.45) is 11.7 Å². The van der Waals surface area contributed by atoms with Crippen LogP contribution in [0.3, 0.4) is 0 Å². The number of para-hydroxylation sites is 1. The van der Waals surface area contributed by atoms with Crippen molar-refractivity contribution < 1.29 is 9.53 Å². The first-order valence-electron chi connectivity index (χ1n) is 7.33. The lowest BCUT2D eigenvalue weighted by molar-refractivity contribution is -0.119. The number of anilines is 1. The van der Waals surface area contributed by atoms with Crippen LogP contribution in [0.25, 0.3) is 11.1 Å². The molecule has 0 aliphatic heterocycles. The Hall–Kier alpha value is -2.33. The molecule has 2 rings (SSSR count). The Kier molecular flexibility index (Phi) is 5.17. The summed E-state index contributed by atoms with van der Waals surface area (Å²) >= 11 is 0. The molecule has 0 aliphatic carbocycles. The Morgan fingerprint density at radius 3 is 2.55 bits per heavy atom. The lowest BCUT2D eigenvalue weighted by Gasteiger charge is -2.16. The SMILES string of the molecule is COc1ccccc1-c1cccc(NC(=O)C(C)C(C)N)c1. The number of nitrogens with one attached hydrogen (secondary N) is 1. The molecule has 1 amide bonds. The number of hydrogen-bond donors (Lipinski definition) is 2. The van der Waals surface area contributed by atoms with Gasteiger partial charge in [-0.1, -0.05) is 37.3 Å². The first-order valence-corrected chi connectivity index (χ1v) is 7.33. The highest BCUT2D eigenvalue weighted by molar-refractivity contribution is 5.93. The molecule has 0 fully saturated rings. The quantitative estimate of drug-likeness (QED) is 0.890. The highest BCUT2D eigenvalue weighted by Gasteiger charge is 2.17. The number of ether oxygens (including phenoxy) is 1. The van der Waals surface area contributed by atoms with E-state index in [1.807, 2.05) is 62.4 Å². The molecule has 2 atom stereocenters. The van der Waals surface area contributed by atoms with E-state index in [0.717, 1.165) is 22.6 Å². The number of methoxy groups -OCH3 is 1. The maximum atomic E-state index is 12.1. The van der Waals surface area contributed by atoms with E-state index in [1.165, 1.54) is 0 Å². The Morgan fingerprint density at radius 2 is 1.86 bits per heavy atom. The molecule has 4 nitrogen and oxygen atoms in total. The summed E-state index contributed by atoms with van der Waals surface area (Å²) in [5.41, 5.74) is 8.50. The van der Waals surface area contributed by atoms with Crippen LogP contribution in [0.5, 0.6) is 5.75 Å². The van der Waals surface area contributed by atoms with Crippen LogP contribution in [-0.2, 0) is 4.79 Å². The molecule has 3 N–H and O–H groups in total. The Bertz CT molecular complexity index is 653. The molecule has 4 heteroatoms. The van der Waals surface area contributed by atoms with Crippen molar-refractivity contribution in [3.8, 4) is 16.9 Å². The standard InChI is InChI=1S/C18H22N2O2/c1-12(13(2)19)18(21)20-15-8-6-7-14(11-15)16-9-4-5-10-17(16)22-3/h4-13H,19H2,1-3H3,(H,20,21). The minimum absolute atomic E-state index is 0.0767. The second-order valence-corrected chi connectivity index (χ2v) is 5.42. The monoisotopic (exact) mass is 298 g/mol. The van der Waals surface area contributed by atoms with Gasteiger partial charge in [-0.2, -0.15) is 0 Å². The summed E-state index contributed by atoms with van der Waals surface area (Å²) < 4.78 is 5.39. The lowest BCUT2D eigenvalue weighted by atomic mass is 10.0. The van der Waals surface area contributed by atoms with Crippen molar-refractivity contribution in [1.82, 2.24) is 0 Å². The number of carbonyl (C=O) groups excluding carboxylic acids is 1. The summed E-state index contributed by atoms with van der Waals surface area (Å²) in [6.45, 7) is 3.65. The fourth-order valence-corrected chi connectivity index (χ4v) is 2.14.